The fourth-order valence-electron chi connectivity index (χ4n) is 8.73. The summed E-state index contributed by atoms with van der Waals surface area (Å²) in [6.45, 7) is 0. The largest absolute Gasteiger partial charge is 0.743 e. The van der Waals surface area contributed by atoms with Crippen LogP contribution in [0.4, 0.5) is 22.0 Å². The first kappa shape index (κ1) is 26.2. The Hall–Kier alpha value is -2.03. The smallest absolute Gasteiger partial charge is 0.432 e. The third-order valence-corrected chi connectivity index (χ3v) is 10.6. The summed E-state index contributed by atoms with van der Waals surface area (Å²) < 4.78 is 116. The Kier molecular flexibility index (Phi) is 5.53. The average Bonchev–Trinajstić information content (AvgIpc) is 3.38. The van der Waals surface area contributed by atoms with Crippen LogP contribution in [0.25, 0.3) is 0 Å². The van der Waals surface area contributed by atoms with Crippen LogP contribution >= 0.6 is 0 Å². The van der Waals surface area contributed by atoms with Crippen molar-refractivity contribution in [2.45, 2.75) is 74.7 Å². The van der Waals surface area contributed by atoms with Gasteiger partial charge in [-0.2, -0.15) is 22.0 Å². The van der Waals surface area contributed by atoms with Gasteiger partial charge in [-0.3, -0.25) is 14.4 Å². The molecule has 7 atom stereocenters. The molecule has 15 heteroatoms. The maximum atomic E-state index is 13.9. The summed E-state index contributed by atoms with van der Waals surface area (Å²) in [4.78, 5) is 38.8. The molecule has 0 aromatic heterocycles. The molecule has 0 aromatic rings. The highest BCUT2D eigenvalue weighted by atomic mass is 32.2. The fraction of sp³-hybridized carbons (Fsp3) is 0.870. The number of hydrogen-bond acceptors (Lipinski definition) is 9. The van der Waals surface area contributed by atoms with Crippen LogP contribution in [0.5, 0.6) is 0 Å². The van der Waals surface area contributed by atoms with Crippen LogP contribution in [-0.2, 0) is 38.7 Å². The van der Waals surface area contributed by atoms with E-state index >= 15 is 0 Å². The monoisotopic (exact) mass is 571 g/mol. The van der Waals surface area contributed by atoms with E-state index in [2.05, 4.69) is 4.74 Å². The van der Waals surface area contributed by atoms with Crippen molar-refractivity contribution in [3.8, 4) is 0 Å². The summed E-state index contributed by atoms with van der Waals surface area (Å²) in [6.07, 6.45) is -7.72. The summed E-state index contributed by atoms with van der Waals surface area (Å²) in [5.74, 6) is -7.07. The van der Waals surface area contributed by atoms with Crippen LogP contribution in [0.2, 0.25) is 0 Å². The van der Waals surface area contributed by atoms with Crippen molar-refractivity contribution in [2.24, 2.45) is 46.8 Å². The quantitative estimate of drug-likeness (QED) is 0.204. The van der Waals surface area contributed by atoms with Gasteiger partial charge in [0.15, 0.2) is 10.1 Å². The maximum absolute atomic E-state index is 13.9. The van der Waals surface area contributed by atoms with Crippen molar-refractivity contribution < 1.29 is 63.5 Å². The van der Waals surface area contributed by atoms with Crippen molar-refractivity contribution in [1.29, 1.82) is 0 Å². The molecule has 7 unspecified atom stereocenters. The molecule has 1 saturated heterocycles. The lowest BCUT2D eigenvalue weighted by atomic mass is 9.49. The van der Waals surface area contributed by atoms with E-state index in [1.807, 2.05) is 0 Å². The molecular formula is C23H24F5O9S-. The van der Waals surface area contributed by atoms with Crippen molar-refractivity contribution in [2.75, 3.05) is 0 Å². The highest BCUT2D eigenvalue weighted by Gasteiger charge is 2.72. The molecular weight excluding hydrogens is 547 g/mol. The molecule has 0 N–H and O–H groups in total. The molecule has 0 aromatic carbocycles. The van der Waals surface area contributed by atoms with Gasteiger partial charge >= 0.3 is 29.3 Å². The second-order valence-electron chi connectivity index (χ2n) is 12.0. The molecule has 7 fully saturated rings. The molecule has 212 valence electrons. The Morgan fingerprint density at radius 3 is 2.03 bits per heavy atom. The van der Waals surface area contributed by atoms with Crippen molar-refractivity contribution in [3.05, 3.63) is 0 Å². The van der Waals surface area contributed by atoms with E-state index in [4.69, 9.17) is 9.47 Å². The summed E-state index contributed by atoms with van der Waals surface area (Å²) >= 11 is 0. The maximum Gasteiger partial charge on any atom is 0.432 e. The molecule has 7 rings (SSSR count). The van der Waals surface area contributed by atoms with Crippen LogP contribution < -0.4 is 0 Å². The zero-order valence-corrected chi connectivity index (χ0v) is 20.5. The van der Waals surface area contributed by atoms with Crippen LogP contribution in [0.15, 0.2) is 0 Å². The zero-order valence-electron chi connectivity index (χ0n) is 19.7. The Morgan fingerprint density at radius 1 is 0.974 bits per heavy atom. The van der Waals surface area contributed by atoms with Crippen LogP contribution in [0.3, 0.4) is 0 Å². The Labute approximate surface area is 213 Å². The van der Waals surface area contributed by atoms with Crippen molar-refractivity contribution >= 4 is 28.0 Å². The number of rotatable bonds is 6. The van der Waals surface area contributed by atoms with Crippen LogP contribution in [0, 0.1) is 46.8 Å². The van der Waals surface area contributed by atoms with E-state index in [1.165, 1.54) is 0 Å². The molecule has 6 bridgehead atoms. The lowest BCUT2D eigenvalue weighted by Gasteiger charge is -2.55. The summed E-state index contributed by atoms with van der Waals surface area (Å²) in [5.41, 5.74) is -0.722. The van der Waals surface area contributed by atoms with E-state index in [0.29, 0.717) is 37.0 Å². The van der Waals surface area contributed by atoms with Gasteiger partial charge in [0.2, 0.25) is 0 Å². The number of halogens is 5. The van der Waals surface area contributed by atoms with E-state index in [0.717, 1.165) is 19.3 Å². The summed E-state index contributed by atoms with van der Waals surface area (Å²) in [6, 6.07) is 0. The molecule has 7 aliphatic rings. The second kappa shape index (κ2) is 8.01. The lowest BCUT2D eigenvalue weighted by Crippen LogP contribution is -2.54. The molecule has 6 aliphatic carbocycles. The molecule has 6 saturated carbocycles. The normalized spacial score (nSPS) is 43.7. The topological polar surface area (TPSA) is 136 Å². The number of fused-ring (bicyclic) bond motifs is 1. The van der Waals surface area contributed by atoms with E-state index in [9.17, 15) is 49.3 Å². The zero-order chi connectivity index (χ0) is 27.6. The van der Waals surface area contributed by atoms with Gasteiger partial charge in [0.1, 0.15) is 12.2 Å². The second-order valence-corrected chi connectivity index (χ2v) is 13.4. The predicted octanol–water partition coefficient (Wildman–Crippen LogP) is 2.53. The molecule has 0 spiro atoms. The molecule has 0 amide bonds. The number of alkyl halides is 5. The fourth-order valence-corrected chi connectivity index (χ4v) is 9.17. The van der Waals surface area contributed by atoms with Gasteiger partial charge in [-0.25, -0.2) is 8.42 Å². The Balaban J connectivity index is 1.24. The van der Waals surface area contributed by atoms with Crippen LogP contribution in [-0.4, -0.2) is 60.6 Å². The molecule has 1 aliphatic heterocycles. The molecule has 38 heavy (non-hydrogen) atoms. The number of hydrogen-bond donors (Lipinski definition) is 0. The van der Waals surface area contributed by atoms with Crippen LogP contribution in [0.1, 0.15) is 44.9 Å². The first-order valence-electron chi connectivity index (χ1n) is 12.5. The van der Waals surface area contributed by atoms with E-state index < -0.39 is 86.9 Å². The first-order chi connectivity index (χ1) is 17.5. The van der Waals surface area contributed by atoms with Crippen molar-refractivity contribution in [3.63, 3.8) is 0 Å². The minimum absolute atomic E-state index is 0.0343. The van der Waals surface area contributed by atoms with Gasteiger partial charge in [-0.15, -0.1) is 0 Å². The molecule has 9 nitrogen and oxygen atoms in total. The van der Waals surface area contributed by atoms with E-state index in [-0.39, 0.29) is 6.42 Å². The summed E-state index contributed by atoms with van der Waals surface area (Å²) in [7, 11) is -6.88. The van der Waals surface area contributed by atoms with Gasteiger partial charge in [0.25, 0.3) is 6.10 Å². The third-order valence-electron chi connectivity index (χ3n) is 9.70. The van der Waals surface area contributed by atoms with Crippen molar-refractivity contribution in [1.82, 2.24) is 0 Å². The minimum Gasteiger partial charge on any atom is -0.743 e. The Morgan fingerprint density at radius 2 is 1.53 bits per heavy atom. The number of carbonyl (C=O) groups is 3. The van der Waals surface area contributed by atoms with Gasteiger partial charge < -0.3 is 18.8 Å². The van der Waals surface area contributed by atoms with Gasteiger partial charge in [-0.1, -0.05) is 0 Å². The highest BCUT2D eigenvalue weighted by Crippen LogP contribution is 2.63. The third kappa shape index (κ3) is 3.69. The number of esters is 3. The molecule has 1 heterocycles. The van der Waals surface area contributed by atoms with Gasteiger partial charge in [0.05, 0.1) is 17.3 Å². The lowest BCUT2D eigenvalue weighted by molar-refractivity contribution is -0.262. The SMILES string of the molecule is O=C1OC2C3CC(C2OC(=O)C24CC5CC(CC(C5)C2)C4)C(C(=O)OC(C(F)(F)F)C(F)(F)S(=O)(=O)[O-])C13. The average molecular weight is 571 g/mol. The number of carbonyl (C=O) groups excluding carboxylic acids is 3. The molecule has 0 radical (unpaired) electrons. The number of ether oxygens (including phenoxy) is 3. The van der Waals surface area contributed by atoms with Gasteiger partial charge in [-0.05, 0) is 62.7 Å². The minimum atomic E-state index is -6.88. The summed E-state index contributed by atoms with van der Waals surface area (Å²) in [5, 5.41) is -6.01. The first-order valence-corrected chi connectivity index (χ1v) is 13.9. The predicted molar refractivity (Wildman–Crippen MR) is 110 cm³/mol. The standard InChI is InChI=1S/C23H25F5O9S/c24-22(25,26)19(23(27,28)38(32,33)34)37-18(30)14-12-4-11-13(14)17(29)35-15(11)16(12)36-20(31)21-5-8-1-9(6-21)3-10(2-8)7-21/h8-16,19H,1-7H2,(H,32,33,34)/p-1. The van der Waals surface area contributed by atoms with E-state index in [1.54, 1.807) is 0 Å². The highest BCUT2D eigenvalue weighted by molar-refractivity contribution is 7.86. The Bertz CT molecular complexity index is 1150. The van der Waals surface area contributed by atoms with Gasteiger partial charge in [0, 0.05) is 11.8 Å².